The number of hydrogen-bond acceptors (Lipinski definition) is 4. The first-order valence-electron chi connectivity index (χ1n) is 7.42. The third-order valence-corrected chi connectivity index (χ3v) is 3.88. The second kappa shape index (κ2) is 8.70. The van der Waals surface area contributed by atoms with E-state index in [1.807, 2.05) is 0 Å². The van der Waals surface area contributed by atoms with Crippen LogP contribution in [0.1, 0.15) is 36.7 Å². The van der Waals surface area contributed by atoms with Crippen LogP contribution >= 0.6 is 23.2 Å². The van der Waals surface area contributed by atoms with Crippen molar-refractivity contribution in [3.8, 4) is 0 Å². The maximum absolute atomic E-state index is 11.9. The van der Waals surface area contributed by atoms with E-state index in [9.17, 15) is 4.79 Å². The van der Waals surface area contributed by atoms with Crippen molar-refractivity contribution in [2.45, 2.75) is 26.2 Å². The molecule has 0 spiro atoms. The number of amides is 1. The summed E-state index contributed by atoms with van der Waals surface area (Å²) in [6.07, 6.45) is 6.12. The minimum atomic E-state index is -0.213. The molecule has 0 unspecified atom stereocenters. The molecule has 0 saturated heterocycles. The fourth-order valence-corrected chi connectivity index (χ4v) is 2.20. The summed E-state index contributed by atoms with van der Waals surface area (Å²) in [5.41, 5.74) is 1.03. The molecule has 1 aromatic heterocycles. The van der Waals surface area contributed by atoms with Crippen LogP contribution in [0.15, 0.2) is 30.6 Å². The topological polar surface area (TPSA) is 66.9 Å². The number of nitrogens with one attached hydrogen (secondary N) is 2. The second-order valence-corrected chi connectivity index (χ2v) is 5.82. The molecule has 1 amide bonds. The van der Waals surface area contributed by atoms with Crippen LogP contribution < -0.4 is 10.6 Å². The lowest BCUT2D eigenvalue weighted by Crippen LogP contribution is -2.25. The van der Waals surface area contributed by atoms with Gasteiger partial charge in [-0.05, 0) is 24.6 Å². The highest BCUT2D eigenvalue weighted by Crippen LogP contribution is 2.26. The first kappa shape index (κ1) is 17.5. The summed E-state index contributed by atoms with van der Waals surface area (Å²) in [6, 6.07) is 5.17. The van der Waals surface area contributed by atoms with E-state index < -0.39 is 0 Å². The molecule has 1 aromatic carbocycles. The normalized spacial score (nSPS) is 10.4. The van der Waals surface area contributed by atoms with Gasteiger partial charge in [0.15, 0.2) is 0 Å². The molecule has 0 fully saturated rings. The van der Waals surface area contributed by atoms with Crippen molar-refractivity contribution in [3.63, 3.8) is 0 Å². The maximum Gasteiger partial charge on any atom is 0.271 e. The van der Waals surface area contributed by atoms with Crippen molar-refractivity contribution in [2.24, 2.45) is 0 Å². The lowest BCUT2D eigenvalue weighted by atomic mass is 10.2. The standard InChI is InChI=1S/C16H18Cl2N4O/c1-2-3-4-7-19-16(23)14-9-21-15(10-20-14)22-11-5-6-12(17)13(18)8-11/h5-6,8-10H,2-4,7H2,1H3,(H,19,23)(H,21,22). The largest absolute Gasteiger partial charge is 0.351 e. The van der Waals surface area contributed by atoms with Gasteiger partial charge in [0.05, 0.1) is 22.4 Å². The van der Waals surface area contributed by atoms with Crippen LogP contribution in [0.2, 0.25) is 10.0 Å². The maximum atomic E-state index is 11.9. The Hall–Kier alpha value is -1.85. The number of hydrogen-bond donors (Lipinski definition) is 2. The Kier molecular flexibility index (Phi) is 6.62. The van der Waals surface area contributed by atoms with Crippen LogP contribution in [-0.2, 0) is 0 Å². The van der Waals surface area contributed by atoms with Gasteiger partial charge in [0, 0.05) is 12.2 Å². The van der Waals surface area contributed by atoms with Crippen molar-refractivity contribution in [1.82, 2.24) is 15.3 Å². The Morgan fingerprint density at radius 3 is 2.61 bits per heavy atom. The van der Waals surface area contributed by atoms with Crippen LogP contribution in [0.25, 0.3) is 0 Å². The Morgan fingerprint density at radius 2 is 1.96 bits per heavy atom. The highest BCUT2D eigenvalue weighted by atomic mass is 35.5. The summed E-state index contributed by atoms with van der Waals surface area (Å²) >= 11 is 11.8. The molecule has 5 nitrogen and oxygen atoms in total. The smallest absolute Gasteiger partial charge is 0.271 e. The van der Waals surface area contributed by atoms with Gasteiger partial charge in [-0.15, -0.1) is 0 Å². The van der Waals surface area contributed by atoms with Gasteiger partial charge in [-0.2, -0.15) is 0 Å². The molecule has 1 heterocycles. The highest BCUT2D eigenvalue weighted by molar-refractivity contribution is 6.42. The lowest BCUT2D eigenvalue weighted by molar-refractivity contribution is 0.0947. The molecule has 122 valence electrons. The summed E-state index contributed by atoms with van der Waals surface area (Å²) in [5.74, 6) is 0.306. The number of nitrogens with zero attached hydrogens (tertiary/aromatic N) is 2. The summed E-state index contributed by atoms with van der Waals surface area (Å²) < 4.78 is 0. The zero-order valence-electron chi connectivity index (χ0n) is 12.8. The molecule has 0 radical (unpaired) electrons. The number of halogens is 2. The van der Waals surface area contributed by atoms with Gasteiger partial charge in [-0.3, -0.25) is 4.79 Å². The van der Waals surface area contributed by atoms with Crippen LogP contribution in [0, 0.1) is 0 Å². The van der Waals surface area contributed by atoms with Crippen molar-refractivity contribution in [1.29, 1.82) is 0 Å². The van der Waals surface area contributed by atoms with Crippen LogP contribution in [0.3, 0.4) is 0 Å². The predicted octanol–water partition coefficient (Wildman–Crippen LogP) is 4.45. The van der Waals surface area contributed by atoms with Gasteiger partial charge in [-0.25, -0.2) is 9.97 Å². The molecule has 0 aliphatic heterocycles. The third kappa shape index (κ3) is 5.37. The Morgan fingerprint density at radius 1 is 1.13 bits per heavy atom. The number of anilines is 2. The minimum Gasteiger partial charge on any atom is -0.351 e. The molecule has 7 heteroatoms. The van der Waals surface area contributed by atoms with Gasteiger partial charge in [0.2, 0.25) is 0 Å². The minimum absolute atomic E-state index is 0.213. The zero-order valence-corrected chi connectivity index (χ0v) is 14.3. The van der Waals surface area contributed by atoms with Gasteiger partial charge >= 0.3 is 0 Å². The zero-order chi connectivity index (χ0) is 16.7. The number of carbonyl (C=O) groups excluding carboxylic acids is 1. The second-order valence-electron chi connectivity index (χ2n) is 5.00. The van der Waals surface area contributed by atoms with E-state index >= 15 is 0 Å². The van der Waals surface area contributed by atoms with Crippen LogP contribution in [-0.4, -0.2) is 22.4 Å². The summed E-state index contributed by atoms with van der Waals surface area (Å²) in [6.45, 7) is 2.77. The Balaban J connectivity index is 1.93. The van der Waals surface area contributed by atoms with Gasteiger partial charge in [-0.1, -0.05) is 43.0 Å². The van der Waals surface area contributed by atoms with Crippen molar-refractivity contribution in [2.75, 3.05) is 11.9 Å². The molecule has 0 bridgehead atoms. The number of carbonyl (C=O) groups is 1. The third-order valence-electron chi connectivity index (χ3n) is 3.14. The number of rotatable bonds is 7. The van der Waals surface area contributed by atoms with Crippen molar-refractivity contribution < 1.29 is 4.79 Å². The molecule has 2 aromatic rings. The number of benzene rings is 1. The van der Waals surface area contributed by atoms with Crippen molar-refractivity contribution >= 4 is 40.6 Å². The van der Waals surface area contributed by atoms with E-state index in [-0.39, 0.29) is 5.91 Å². The summed E-state index contributed by atoms with van der Waals surface area (Å²) in [4.78, 5) is 20.2. The monoisotopic (exact) mass is 352 g/mol. The molecule has 2 rings (SSSR count). The SMILES string of the molecule is CCCCCNC(=O)c1cnc(Nc2ccc(Cl)c(Cl)c2)cn1. The van der Waals surface area contributed by atoms with E-state index in [1.54, 1.807) is 18.2 Å². The number of aromatic nitrogens is 2. The highest BCUT2D eigenvalue weighted by Gasteiger charge is 2.07. The fourth-order valence-electron chi connectivity index (χ4n) is 1.90. The molecule has 2 N–H and O–H groups in total. The van der Waals surface area contributed by atoms with Crippen LogP contribution in [0.5, 0.6) is 0 Å². The lowest BCUT2D eigenvalue weighted by Gasteiger charge is -2.07. The van der Waals surface area contributed by atoms with E-state index in [2.05, 4.69) is 27.5 Å². The van der Waals surface area contributed by atoms with E-state index in [0.29, 0.717) is 28.1 Å². The average Bonchev–Trinajstić information content (AvgIpc) is 2.55. The molecular formula is C16H18Cl2N4O. The van der Waals surface area contributed by atoms with Crippen molar-refractivity contribution in [3.05, 3.63) is 46.3 Å². The number of unbranched alkanes of at least 4 members (excludes halogenated alkanes) is 2. The van der Waals surface area contributed by atoms with Gasteiger partial charge < -0.3 is 10.6 Å². The van der Waals surface area contributed by atoms with Crippen LogP contribution in [0.4, 0.5) is 11.5 Å². The van der Waals surface area contributed by atoms with E-state index in [4.69, 9.17) is 23.2 Å². The molecule has 0 aliphatic rings. The quantitative estimate of drug-likeness (QED) is 0.722. The molecule has 0 saturated carbocycles. The molecule has 0 atom stereocenters. The van der Waals surface area contributed by atoms with Gasteiger partial charge in [0.1, 0.15) is 11.5 Å². The predicted molar refractivity (Wildman–Crippen MR) is 93.6 cm³/mol. The average molecular weight is 353 g/mol. The summed E-state index contributed by atoms with van der Waals surface area (Å²) in [7, 11) is 0. The van der Waals surface area contributed by atoms with E-state index in [0.717, 1.165) is 24.9 Å². The molecule has 23 heavy (non-hydrogen) atoms. The Labute approximate surface area is 145 Å². The molecule has 0 aliphatic carbocycles. The first-order chi connectivity index (χ1) is 11.1. The van der Waals surface area contributed by atoms with E-state index in [1.165, 1.54) is 12.4 Å². The summed E-state index contributed by atoms with van der Waals surface area (Å²) in [5, 5.41) is 6.81. The molecular weight excluding hydrogens is 335 g/mol. The first-order valence-corrected chi connectivity index (χ1v) is 8.18. The fraction of sp³-hybridized carbons (Fsp3) is 0.312. The Bertz CT molecular complexity index is 662. The van der Waals surface area contributed by atoms with Gasteiger partial charge in [0.25, 0.3) is 5.91 Å².